The maximum Gasteiger partial charge on any atom is 0.223 e. The molecule has 2 amide bonds. The van der Waals surface area contributed by atoms with E-state index in [2.05, 4.69) is 10.4 Å². The summed E-state index contributed by atoms with van der Waals surface area (Å²) in [6.07, 6.45) is 2.77. The van der Waals surface area contributed by atoms with Crippen molar-refractivity contribution in [1.29, 1.82) is 0 Å². The fourth-order valence-electron chi connectivity index (χ4n) is 2.56. The molecule has 1 aliphatic rings. The molecule has 22 heavy (non-hydrogen) atoms. The zero-order chi connectivity index (χ0) is 15.9. The molecule has 0 spiro atoms. The van der Waals surface area contributed by atoms with E-state index >= 15 is 0 Å². The smallest absolute Gasteiger partial charge is 0.223 e. The van der Waals surface area contributed by atoms with Gasteiger partial charge in [0.1, 0.15) is 0 Å². The van der Waals surface area contributed by atoms with E-state index in [1.165, 1.54) is 0 Å². The molecule has 2 heterocycles. The summed E-state index contributed by atoms with van der Waals surface area (Å²) in [7, 11) is 1.62. The Labute approximate surface area is 130 Å². The first-order chi connectivity index (χ1) is 10.6. The molecule has 7 nitrogen and oxygen atoms in total. The van der Waals surface area contributed by atoms with Gasteiger partial charge in [-0.15, -0.1) is 0 Å². The van der Waals surface area contributed by atoms with E-state index in [1.807, 2.05) is 19.2 Å². The summed E-state index contributed by atoms with van der Waals surface area (Å²) >= 11 is 0. The van der Waals surface area contributed by atoms with Crippen molar-refractivity contribution in [3.05, 3.63) is 18.0 Å². The molecule has 1 saturated heterocycles. The molecule has 0 radical (unpaired) electrons. The van der Waals surface area contributed by atoms with E-state index < -0.39 is 0 Å². The van der Waals surface area contributed by atoms with Gasteiger partial charge in [-0.25, -0.2) is 0 Å². The molecule has 1 aromatic heterocycles. The Bertz CT molecular complexity index is 515. The van der Waals surface area contributed by atoms with E-state index in [0.717, 1.165) is 5.69 Å². The third kappa shape index (κ3) is 4.84. The van der Waals surface area contributed by atoms with Crippen LogP contribution in [-0.2, 0) is 20.9 Å². The number of rotatable bonds is 8. The van der Waals surface area contributed by atoms with Gasteiger partial charge in [-0.2, -0.15) is 5.10 Å². The molecule has 7 heteroatoms. The second kappa shape index (κ2) is 7.93. The third-order valence-corrected chi connectivity index (χ3v) is 3.79. The van der Waals surface area contributed by atoms with Crippen LogP contribution in [0.1, 0.15) is 18.5 Å². The predicted octanol–water partition coefficient (Wildman–Crippen LogP) is 0.193. The number of aryl methyl sites for hydroxylation is 2. The summed E-state index contributed by atoms with van der Waals surface area (Å²) in [5.74, 6) is 0.333. The highest BCUT2D eigenvalue weighted by atomic mass is 16.5. The monoisotopic (exact) mass is 308 g/mol. The largest absolute Gasteiger partial charge is 0.383 e. The molecule has 1 aliphatic heterocycles. The Morgan fingerprint density at radius 1 is 1.50 bits per heavy atom. The Balaban J connectivity index is 1.65. The summed E-state index contributed by atoms with van der Waals surface area (Å²) in [5, 5.41) is 7.15. The maximum absolute atomic E-state index is 11.8. The van der Waals surface area contributed by atoms with Crippen molar-refractivity contribution in [3.63, 3.8) is 0 Å². The molecule has 0 saturated carbocycles. The highest BCUT2D eigenvalue weighted by Crippen LogP contribution is 2.16. The lowest BCUT2D eigenvalue weighted by atomic mass is 10.1. The number of aromatic nitrogens is 2. The van der Waals surface area contributed by atoms with E-state index in [9.17, 15) is 9.59 Å². The number of carbonyl (C=O) groups is 2. The van der Waals surface area contributed by atoms with Crippen LogP contribution in [0.4, 0.5) is 0 Å². The van der Waals surface area contributed by atoms with E-state index in [4.69, 9.17) is 4.74 Å². The van der Waals surface area contributed by atoms with Gasteiger partial charge < -0.3 is 15.0 Å². The van der Waals surface area contributed by atoms with Crippen LogP contribution in [0.3, 0.4) is 0 Å². The fraction of sp³-hybridized carbons (Fsp3) is 0.667. The Hall–Kier alpha value is -1.89. The van der Waals surface area contributed by atoms with Crippen LogP contribution in [0.25, 0.3) is 0 Å². The van der Waals surface area contributed by atoms with Crippen molar-refractivity contribution >= 4 is 11.8 Å². The van der Waals surface area contributed by atoms with Gasteiger partial charge in [0.2, 0.25) is 11.8 Å². The summed E-state index contributed by atoms with van der Waals surface area (Å²) in [4.78, 5) is 25.4. The van der Waals surface area contributed by atoms with Gasteiger partial charge >= 0.3 is 0 Å². The molecule has 2 rings (SSSR count). The number of ether oxygens (including phenoxy) is 1. The van der Waals surface area contributed by atoms with Gasteiger partial charge in [0.05, 0.1) is 12.3 Å². The maximum atomic E-state index is 11.8. The topological polar surface area (TPSA) is 76.5 Å². The van der Waals surface area contributed by atoms with Crippen molar-refractivity contribution in [3.8, 4) is 0 Å². The van der Waals surface area contributed by atoms with E-state index in [1.54, 1.807) is 16.7 Å². The lowest BCUT2D eigenvalue weighted by Gasteiger charge is -2.16. The average Bonchev–Trinajstić information content (AvgIpc) is 3.06. The van der Waals surface area contributed by atoms with Crippen LogP contribution < -0.4 is 5.32 Å². The van der Waals surface area contributed by atoms with Gasteiger partial charge in [-0.1, -0.05) is 0 Å². The molecule has 0 aliphatic carbocycles. The Morgan fingerprint density at radius 2 is 2.32 bits per heavy atom. The first-order valence-corrected chi connectivity index (χ1v) is 7.62. The summed E-state index contributed by atoms with van der Waals surface area (Å²) < 4.78 is 6.75. The molecular weight excluding hydrogens is 284 g/mol. The van der Waals surface area contributed by atoms with Crippen molar-refractivity contribution in [2.45, 2.75) is 26.3 Å². The first kappa shape index (κ1) is 16.5. The summed E-state index contributed by atoms with van der Waals surface area (Å²) in [6, 6.07) is 1.91. The zero-order valence-corrected chi connectivity index (χ0v) is 13.2. The number of amides is 2. The van der Waals surface area contributed by atoms with Gasteiger partial charge in [0.25, 0.3) is 0 Å². The average molecular weight is 308 g/mol. The number of hydrogen-bond donors (Lipinski definition) is 1. The highest BCUT2D eigenvalue weighted by molar-refractivity contribution is 5.79. The lowest BCUT2D eigenvalue weighted by molar-refractivity contribution is -0.128. The number of carbonyl (C=O) groups excluding carboxylic acids is 2. The van der Waals surface area contributed by atoms with Gasteiger partial charge in [-0.3, -0.25) is 14.3 Å². The molecule has 0 bridgehead atoms. The minimum atomic E-state index is -0.00376. The minimum absolute atomic E-state index is 0.00376. The number of methoxy groups -OCH3 is 1. The van der Waals surface area contributed by atoms with Gasteiger partial charge in [-0.05, 0) is 13.0 Å². The number of nitrogens with zero attached hydrogens (tertiary/aromatic N) is 3. The van der Waals surface area contributed by atoms with Crippen LogP contribution >= 0.6 is 0 Å². The Kier molecular flexibility index (Phi) is 5.94. The van der Waals surface area contributed by atoms with Crippen LogP contribution in [0.15, 0.2) is 12.3 Å². The van der Waals surface area contributed by atoms with Crippen LogP contribution in [0, 0.1) is 12.8 Å². The SMILES string of the molecule is COCCN1CC(CNC(=O)CCn2ccc(C)n2)CC1=O. The van der Waals surface area contributed by atoms with Crippen LogP contribution in [-0.4, -0.2) is 59.8 Å². The third-order valence-electron chi connectivity index (χ3n) is 3.79. The number of likely N-dealkylation sites (tertiary alicyclic amines) is 1. The molecule has 1 fully saturated rings. The van der Waals surface area contributed by atoms with Crippen LogP contribution in [0.5, 0.6) is 0 Å². The van der Waals surface area contributed by atoms with Crippen LogP contribution in [0.2, 0.25) is 0 Å². The lowest BCUT2D eigenvalue weighted by Crippen LogP contribution is -2.32. The zero-order valence-electron chi connectivity index (χ0n) is 13.2. The fourth-order valence-corrected chi connectivity index (χ4v) is 2.56. The van der Waals surface area contributed by atoms with Gasteiger partial charge in [0.15, 0.2) is 0 Å². The van der Waals surface area contributed by atoms with Crippen molar-refractivity contribution in [1.82, 2.24) is 20.0 Å². The normalized spacial score (nSPS) is 18.0. The number of hydrogen-bond acceptors (Lipinski definition) is 4. The van der Waals surface area contributed by atoms with E-state index in [-0.39, 0.29) is 17.7 Å². The molecule has 1 aromatic rings. The summed E-state index contributed by atoms with van der Waals surface area (Å²) in [5.41, 5.74) is 0.945. The van der Waals surface area contributed by atoms with Crippen molar-refractivity contribution in [2.75, 3.05) is 33.4 Å². The van der Waals surface area contributed by atoms with E-state index in [0.29, 0.717) is 45.6 Å². The molecule has 1 atom stereocenters. The van der Waals surface area contributed by atoms with Crippen molar-refractivity contribution < 1.29 is 14.3 Å². The van der Waals surface area contributed by atoms with Crippen molar-refractivity contribution in [2.24, 2.45) is 5.92 Å². The summed E-state index contributed by atoms with van der Waals surface area (Å²) in [6.45, 7) is 4.91. The second-order valence-corrected chi connectivity index (χ2v) is 5.68. The number of nitrogens with one attached hydrogen (secondary N) is 1. The first-order valence-electron chi connectivity index (χ1n) is 7.62. The predicted molar refractivity (Wildman–Crippen MR) is 81.2 cm³/mol. The molecule has 1 unspecified atom stereocenters. The highest BCUT2D eigenvalue weighted by Gasteiger charge is 2.29. The Morgan fingerprint density at radius 3 is 3.00 bits per heavy atom. The standard InChI is InChI=1S/C15H24N4O3/c1-12-3-5-19(17-12)6-4-14(20)16-10-13-9-15(21)18(11-13)7-8-22-2/h3,5,13H,4,6-11H2,1-2H3,(H,16,20). The van der Waals surface area contributed by atoms with Gasteiger partial charge in [0, 0.05) is 58.2 Å². The molecule has 122 valence electrons. The minimum Gasteiger partial charge on any atom is -0.383 e. The second-order valence-electron chi connectivity index (χ2n) is 5.68. The molecule has 0 aromatic carbocycles. The molecule has 1 N–H and O–H groups in total. The quantitative estimate of drug-likeness (QED) is 0.744. The molecular formula is C15H24N4O3.